The Morgan fingerprint density at radius 3 is 2.63 bits per heavy atom. The average molecular weight is 283 g/mol. The van der Waals surface area contributed by atoms with Crippen molar-refractivity contribution in [1.82, 2.24) is 0 Å². The van der Waals surface area contributed by atoms with Gasteiger partial charge in [0, 0.05) is 13.6 Å². The fourth-order valence-corrected chi connectivity index (χ4v) is 2.40. The van der Waals surface area contributed by atoms with Crippen molar-refractivity contribution in [1.29, 1.82) is 0 Å². The van der Waals surface area contributed by atoms with Crippen LogP contribution in [0.5, 0.6) is 0 Å². The predicted molar refractivity (Wildman–Crippen MR) is 69.7 cm³/mol. The molecule has 0 saturated heterocycles. The van der Waals surface area contributed by atoms with Crippen LogP contribution in [0, 0.1) is 11.6 Å². The number of hydrogen-bond acceptors (Lipinski definition) is 3. The normalized spacial score (nSPS) is 10.5. The number of carboxylic acids is 1. The number of thiophene rings is 1. The molecular weight excluding hydrogens is 272 g/mol. The highest BCUT2D eigenvalue weighted by atomic mass is 32.1. The van der Waals surface area contributed by atoms with Gasteiger partial charge in [0.05, 0.1) is 11.3 Å². The molecule has 3 nitrogen and oxygen atoms in total. The van der Waals surface area contributed by atoms with Gasteiger partial charge in [0.1, 0.15) is 0 Å². The number of halogens is 2. The molecule has 2 rings (SSSR count). The van der Waals surface area contributed by atoms with E-state index in [1.54, 1.807) is 7.05 Å². The molecule has 0 radical (unpaired) electrons. The maximum atomic E-state index is 13.8. The monoisotopic (exact) mass is 283 g/mol. The molecule has 0 spiro atoms. The molecule has 1 heterocycles. The van der Waals surface area contributed by atoms with Crippen LogP contribution >= 0.6 is 11.3 Å². The summed E-state index contributed by atoms with van der Waals surface area (Å²) in [4.78, 5) is 12.2. The SMILES string of the molecule is CN(Cc1ccsc1)c1ccc(C(=O)O)c(F)c1F. The van der Waals surface area contributed by atoms with Gasteiger partial charge in [-0.1, -0.05) is 0 Å². The summed E-state index contributed by atoms with van der Waals surface area (Å²) in [6, 6.07) is 4.23. The molecule has 0 atom stereocenters. The second-order valence-electron chi connectivity index (χ2n) is 4.05. The van der Waals surface area contributed by atoms with E-state index in [-0.39, 0.29) is 5.69 Å². The fraction of sp³-hybridized carbons (Fsp3) is 0.154. The molecule has 0 aliphatic heterocycles. The quantitative estimate of drug-likeness (QED) is 0.935. The third-order valence-electron chi connectivity index (χ3n) is 2.70. The second kappa shape index (κ2) is 5.36. The van der Waals surface area contributed by atoms with Crippen LogP contribution < -0.4 is 4.90 Å². The van der Waals surface area contributed by atoms with Gasteiger partial charge >= 0.3 is 5.97 Å². The van der Waals surface area contributed by atoms with Gasteiger partial charge < -0.3 is 10.0 Å². The highest BCUT2D eigenvalue weighted by molar-refractivity contribution is 7.07. The van der Waals surface area contributed by atoms with Gasteiger partial charge in [0.25, 0.3) is 0 Å². The topological polar surface area (TPSA) is 40.5 Å². The first-order chi connectivity index (χ1) is 9.00. The van der Waals surface area contributed by atoms with Crippen molar-refractivity contribution in [3.05, 3.63) is 51.7 Å². The summed E-state index contributed by atoms with van der Waals surface area (Å²) in [5, 5.41) is 12.5. The highest BCUT2D eigenvalue weighted by Crippen LogP contribution is 2.25. The summed E-state index contributed by atoms with van der Waals surface area (Å²) >= 11 is 1.52. The summed E-state index contributed by atoms with van der Waals surface area (Å²) in [6.45, 7) is 0.423. The summed E-state index contributed by atoms with van der Waals surface area (Å²) in [5.41, 5.74) is 0.355. The first-order valence-electron chi connectivity index (χ1n) is 5.44. The molecule has 6 heteroatoms. The van der Waals surface area contributed by atoms with E-state index >= 15 is 0 Å². The Labute approximate surface area is 112 Å². The Balaban J connectivity index is 2.30. The van der Waals surface area contributed by atoms with Gasteiger partial charge in [-0.2, -0.15) is 11.3 Å². The molecule has 0 aliphatic rings. The molecule has 1 aromatic heterocycles. The van der Waals surface area contributed by atoms with Crippen LogP contribution in [0.1, 0.15) is 15.9 Å². The van der Waals surface area contributed by atoms with Crippen molar-refractivity contribution in [3.63, 3.8) is 0 Å². The van der Waals surface area contributed by atoms with E-state index in [0.717, 1.165) is 11.6 Å². The van der Waals surface area contributed by atoms with Crippen molar-refractivity contribution < 1.29 is 18.7 Å². The lowest BCUT2D eigenvalue weighted by molar-refractivity contribution is 0.0690. The lowest BCUT2D eigenvalue weighted by atomic mass is 10.1. The Morgan fingerprint density at radius 2 is 2.05 bits per heavy atom. The van der Waals surface area contributed by atoms with Crippen LogP contribution in [0.25, 0.3) is 0 Å². The molecule has 2 aromatic rings. The van der Waals surface area contributed by atoms with Crippen LogP contribution in [0.4, 0.5) is 14.5 Å². The Morgan fingerprint density at radius 1 is 1.32 bits per heavy atom. The lowest BCUT2D eigenvalue weighted by Gasteiger charge is -2.20. The maximum Gasteiger partial charge on any atom is 0.338 e. The molecule has 100 valence electrons. The van der Waals surface area contributed by atoms with Crippen molar-refractivity contribution in [2.24, 2.45) is 0 Å². The van der Waals surface area contributed by atoms with Gasteiger partial charge in [0.2, 0.25) is 0 Å². The molecule has 1 N–H and O–H groups in total. The van der Waals surface area contributed by atoms with Crippen LogP contribution in [0.2, 0.25) is 0 Å². The molecule has 0 unspecified atom stereocenters. The van der Waals surface area contributed by atoms with Gasteiger partial charge in [-0.25, -0.2) is 13.6 Å². The first kappa shape index (κ1) is 13.5. The Kier molecular flexibility index (Phi) is 3.80. The number of hydrogen-bond donors (Lipinski definition) is 1. The number of anilines is 1. The van der Waals surface area contributed by atoms with E-state index in [2.05, 4.69) is 0 Å². The Bertz CT molecular complexity index is 599. The van der Waals surface area contributed by atoms with Crippen molar-refractivity contribution in [3.8, 4) is 0 Å². The van der Waals surface area contributed by atoms with Crippen LogP contribution in [0.3, 0.4) is 0 Å². The van der Waals surface area contributed by atoms with E-state index in [0.29, 0.717) is 6.54 Å². The zero-order chi connectivity index (χ0) is 14.0. The predicted octanol–water partition coefficient (Wildman–Crippen LogP) is 3.36. The maximum absolute atomic E-state index is 13.8. The minimum atomic E-state index is -1.48. The van der Waals surface area contributed by atoms with E-state index in [1.165, 1.54) is 22.3 Å². The largest absolute Gasteiger partial charge is 0.478 e. The highest BCUT2D eigenvalue weighted by Gasteiger charge is 2.19. The van der Waals surface area contributed by atoms with Crippen molar-refractivity contribution in [2.75, 3.05) is 11.9 Å². The van der Waals surface area contributed by atoms with Crippen molar-refractivity contribution >= 4 is 23.0 Å². The molecule has 0 aliphatic carbocycles. The van der Waals surface area contributed by atoms with Crippen LogP contribution in [-0.4, -0.2) is 18.1 Å². The summed E-state index contributed by atoms with van der Waals surface area (Å²) in [6.07, 6.45) is 0. The summed E-state index contributed by atoms with van der Waals surface area (Å²) < 4.78 is 27.4. The average Bonchev–Trinajstić information content (AvgIpc) is 2.84. The van der Waals surface area contributed by atoms with E-state index in [1.807, 2.05) is 16.8 Å². The number of nitrogens with zero attached hydrogens (tertiary/aromatic N) is 1. The number of rotatable bonds is 4. The molecule has 0 bridgehead atoms. The third kappa shape index (κ3) is 2.73. The van der Waals surface area contributed by atoms with Gasteiger partial charge in [-0.3, -0.25) is 0 Å². The fourth-order valence-electron chi connectivity index (χ4n) is 1.74. The minimum Gasteiger partial charge on any atom is -0.478 e. The molecule has 19 heavy (non-hydrogen) atoms. The number of carbonyl (C=O) groups is 1. The third-order valence-corrected chi connectivity index (χ3v) is 3.44. The van der Waals surface area contributed by atoms with E-state index < -0.39 is 23.2 Å². The van der Waals surface area contributed by atoms with E-state index in [4.69, 9.17) is 5.11 Å². The molecule has 0 saturated carbocycles. The van der Waals surface area contributed by atoms with Gasteiger partial charge in [0.15, 0.2) is 11.6 Å². The minimum absolute atomic E-state index is 0.0358. The summed E-state index contributed by atoms with van der Waals surface area (Å²) in [5.74, 6) is -3.96. The zero-order valence-electron chi connectivity index (χ0n) is 10.1. The van der Waals surface area contributed by atoms with Crippen LogP contribution in [0.15, 0.2) is 29.0 Å². The lowest BCUT2D eigenvalue weighted by Crippen LogP contribution is -2.18. The van der Waals surface area contributed by atoms with Crippen molar-refractivity contribution in [2.45, 2.75) is 6.54 Å². The van der Waals surface area contributed by atoms with Gasteiger partial charge in [-0.05, 0) is 34.5 Å². The zero-order valence-corrected chi connectivity index (χ0v) is 10.9. The number of carboxylic acid groups (broad SMARTS) is 1. The van der Waals surface area contributed by atoms with E-state index in [9.17, 15) is 13.6 Å². The Hall–Kier alpha value is -1.95. The molecule has 0 fully saturated rings. The smallest absolute Gasteiger partial charge is 0.338 e. The molecule has 1 aromatic carbocycles. The first-order valence-corrected chi connectivity index (χ1v) is 6.38. The van der Waals surface area contributed by atoms with Gasteiger partial charge in [-0.15, -0.1) is 0 Å². The second-order valence-corrected chi connectivity index (χ2v) is 4.83. The number of aromatic carboxylic acids is 1. The number of benzene rings is 1. The molecule has 0 amide bonds. The summed E-state index contributed by atoms with van der Waals surface area (Å²) in [7, 11) is 1.62. The van der Waals surface area contributed by atoms with Crippen LogP contribution in [-0.2, 0) is 6.54 Å². The standard InChI is InChI=1S/C13H11F2NO2S/c1-16(6-8-4-5-19-7-8)10-3-2-9(13(17)18)11(14)12(10)15/h2-5,7H,6H2,1H3,(H,17,18). The molecular formula is C13H11F2NO2S.